The van der Waals surface area contributed by atoms with E-state index in [0.29, 0.717) is 0 Å². The third-order valence-electron chi connectivity index (χ3n) is 4.55. The second-order valence-corrected chi connectivity index (χ2v) is 8.56. The third kappa shape index (κ3) is 7.30. The molecule has 1 aliphatic carbocycles. The van der Waals surface area contributed by atoms with Gasteiger partial charge < -0.3 is 10.1 Å². The van der Waals surface area contributed by atoms with Crippen molar-refractivity contribution in [2.24, 2.45) is 0 Å². The molecule has 2 rings (SSSR count). The molecule has 7 nitrogen and oxygen atoms in total. The van der Waals surface area contributed by atoms with Crippen LogP contribution in [0.2, 0.25) is 0 Å². The van der Waals surface area contributed by atoms with Crippen LogP contribution in [0.3, 0.4) is 0 Å². The molecule has 0 aliphatic heterocycles. The lowest BCUT2D eigenvalue weighted by atomic mass is 10.1. The number of rotatable bonds is 8. The van der Waals surface area contributed by atoms with E-state index in [-0.39, 0.29) is 29.8 Å². The van der Waals surface area contributed by atoms with Crippen molar-refractivity contribution in [3.8, 4) is 0 Å². The summed E-state index contributed by atoms with van der Waals surface area (Å²) in [5.41, 5.74) is 0. The lowest BCUT2D eigenvalue weighted by molar-refractivity contribution is -0.154. The van der Waals surface area contributed by atoms with Gasteiger partial charge in [0.15, 0.2) is 6.10 Å². The Balaban J connectivity index is 1.72. The smallest absolute Gasteiger partial charge is 0.307 e. The maximum absolute atomic E-state index is 12.2. The summed E-state index contributed by atoms with van der Waals surface area (Å²) in [7, 11) is -3.66. The average Bonchev–Trinajstić information content (AvgIpc) is 2.91. The largest absolute Gasteiger partial charge is 0.453 e. The first-order valence-corrected chi connectivity index (χ1v) is 10.9. The van der Waals surface area contributed by atoms with Gasteiger partial charge in [0.25, 0.3) is 5.91 Å². The summed E-state index contributed by atoms with van der Waals surface area (Å²) < 4.78 is 31.6. The molecule has 0 radical (unpaired) electrons. The lowest BCUT2D eigenvalue weighted by Crippen LogP contribution is -2.42. The van der Waals surface area contributed by atoms with Crippen molar-refractivity contribution in [3.63, 3.8) is 0 Å². The third-order valence-corrected chi connectivity index (χ3v) is 6.03. The molecule has 1 amide bonds. The van der Waals surface area contributed by atoms with Crippen LogP contribution < -0.4 is 10.0 Å². The SMILES string of the molecule is C[C@@H](OC(=O)CCNS(=O)(=O)c1ccccc1)C(=O)NC1CCCCCC1. The number of sulfonamides is 1. The zero-order chi connectivity index (χ0) is 19.7. The van der Waals surface area contributed by atoms with Gasteiger partial charge in [-0.2, -0.15) is 0 Å². The van der Waals surface area contributed by atoms with Crippen molar-refractivity contribution < 1.29 is 22.7 Å². The molecule has 1 saturated carbocycles. The highest BCUT2D eigenvalue weighted by atomic mass is 32.2. The van der Waals surface area contributed by atoms with Crippen LogP contribution in [-0.4, -0.2) is 39.0 Å². The Bertz CT molecular complexity index is 713. The van der Waals surface area contributed by atoms with Gasteiger partial charge in [0, 0.05) is 12.6 Å². The predicted octanol–water partition coefficient (Wildman–Crippen LogP) is 2.13. The molecule has 27 heavy (non-hydrogen) atoms. The number of hydrogen-bond acceptors (Lipinski definition) is 5. The molecule has 2 N–H and O–H groups in total. The molecule has 0 aromatic heterocycles. The number of amides is 1. The Morgan fingerprint density at radius 2 is 1.74 bits per heavy atom. The van der Waals surface area contributed by atoms with Crippen molar-refractivity contribution in [1.82, 2.24) is 10.0 Å². The minimum atomic E-state index is -3.66. The fourth-order valence-electron chi connectivity index (χ4n) is 3.02. The normalized spacial score (nSPS) is 16.9. The molecule has 150 valence electrons. The van der Waals surface area contributed by atoms with E-state index in [2.05, 4.69) is 10.0 Å². The van der Waals surface area contributed by atoms with Crippen LogP contribution in [0.4, 0.5) is 0 Å². The van der Waals surface area contributed by atoms with E-state index < -0.39 is 22.1 Å². The highest BCUT2D eigenvalue weighted by Gasteiger charge is 2.22. The van der Waals surface area contributed by atoms with Crippen molar-refractivity contribution in [1.29, 1.82) is 0 Å². The molecule has 0 unspecified atom stereocenters. The fraction of sp³-hybridized carbons (Fsp3) is 0.579. The number of nitrogens with one attached hydrogen (secondary N) is 2. The number of ether oxygens (including phenoxy) is 1. The number of benzene rings is 1. The van der Waals surface area contributed by atoms with Crippen LogP contribution in [-0.2, 0) is 24.3 Å². The monoisotopic (exact) mass is 396 g/mol. The van der Waals surface area contributed by atoms with E-state index in [1.807, 2.05) is 0 Å². The van der Waals surface area contributed by atoms with Gasteiger partial charge in [-0.25, -0.2) is 13.1 Å². The lowest BCUT2D eigenvalue weighted by Gasteiger charge is -2.19. The molecular weight excluding hydrogens is 368 g/mol. The maximum Gasteiger partial charge on any atom is 0.307 e. The average molecular weight is 397 g/mol. The molecule has 0 bridgehead atoms. The first kappa shape index (κ1) is 21.4. The van der Waals surface area contributed by atoms with Gasteiger partial charge in [-0.15, -0.1) is 0 Å². The zero-order valence-corrected chi connectivity index (χ0v) is 16.5. The quantitative estimate of drug-likeness (QED) is 0.518. The van der Waals surface area contributed by atoms with Crippen LogP contribution in [0.5, 0.6) is 0 Å². The van der Waals surface area contributed by atoms with Crippen LogP contribution in [0, 0.1) is 0 Å². The van der Waals surface area contributed by atoms with Crippen LogP contribution >= 0.6 is 0 Å². The molecule has 1 aromatic carbocycles. The molecule has 1 atom stereocenters. The van der Waals surface area contributed by atoms with Gasteiger partial charge in [-0.3, -0.25) is 9.59 Å². The summed E-state index contributed by atoms with van der Waals surface area (Å²) in [6, 6.07) is 8.05. The highest BCUT2D eigenvalue weighted by Crippen LogP contribution is 2.17. The topological polar surface area (TPSA) is 102 Å². The number of esters is 1. The molecule has 1 fully saturated rings. The predicted molar refractivity (Wildman–Crippen MR) is 101 cm³/mol. The number of carbonyl (C=O) groups is 2. The molecule has 8 heteroatoms. The van der Waals surface area contributed by atoms with E-state index in [0.717, 1.165) is 25.7 Å². The standard InChI is InChI=1S/C19H28N2O5S/c1-15(19(23)21-16-9-5-2-3-6-10-16)26-18(22)13-14-20-27(24,25)17-11-7-4-8-12-17/h4,7-8,11-12,15-16,20H,2-3,5-6,9-10,13-14H2,1H3,(H,21,23)/t15-/m1/s1. The van der Waals surface area contributed by atoms with Gasteiger partial charge in [-0.05, 0) is 31.9 Å². The van der Waals surface area contributed by atoms with Gasteiger partial charge in [0.1, 0.15) is 0 Å². The first-order chi connectivity index (χ1) is 12.9. The van der Waals surface area contributed by atoms with Gasteiger partial charge >= 0.3 is 5.97 Å². The molecule has 1 aromatic rings. The highest BCUT2D eigenvalue weighted by molar-refractivity contribution is 7.89. The zero-order valence-electron chi connectivity index (χ0n) is 15.6. The number of hydrogen-bond donors (Lipinski definition) is 2. The summed E-state index contributed by atoms with van der Waals surface area (Å²) >= 11 is 0. The van der Waals surface area contributed by atoms with E-state index in [1.165, 1.54) is 31.9 Å². The summed E-state index contributed by atoms with van der Waals surface area (Å²) in [6.07, 6.45) is 5.44. The van der Waals surface area contributed by atoms with Crippen molar-refractivity contribution >= 4 is 21.9 Å². The van der Waals surface area contributed by atoms with Crippen LogP contribution in [0.25, 0.3) is 0 Å². The maximum atomic E-state index is 12.2. The van der Waals surface area contributed by atoms with Crippen LogP contribution in [0.1, 0.15) is 51.9 Å². The first-order valence-electron chi connectivity index (χ1n) is 9.43. The van der Waals surface area contributed by atoms with Crippen LogP contribution in [0.15, 0.2) is 35.2 Å². The Kier molecular flexibility index (Phi) is 8.24. The fourth-order valence-corrected chi connectivity index (χ4v) is 4.08. The van der Waals surface area contributed by atoms with Gasteiger partial charge in [-0.1, -0.05) is 43.9 Å². The van der Waals surface area contributed by atoms with Crippen molar-refractivity contribution in [3.05, 3.63) is 30.3 Å². The minimum Gasteiger partial charge on any atom is -0.453 e. The Morgan fingerprint density at radius 1 is 1.11 bits per heavy atom. The van der Waals surface area contributed by atoms with E-state index >= 15 is 0 Å². The molecule has 0 spiro atoms. The molecule has 0 heterocycles. The van der Waals surface area contributed by atoms with Gasteiger partial charge in [0.05, 0.1) is 11.3 Å². The number of carbonyl (C=O) groups excluding carboxylic acids is 2. The van der Waals surface area contributed by atoms with E-state index in [9.17, 15) is 18.0 Å². The Morgan fingerprint density at radius 3 is 2.37 bits per heavy atom. The van der Waals surface area contributed by atoms with E-state index in [1.54, 1.807) is 18.2 Å². The summed E-state index contributed by atoms with van der Waals surface area (Å²) in [5.74, 6) is -0.922. The van der Waals surface area contributed by atoms with E-state index in [4.69, 9.17) is 4.74 Å². The molecular formula is C19H28N2O5S. The Labute approximate surface area is 160 Å². The van der Waals surface area contributed by atoms with Crippen molar-refractivity contribution in [2.45, 2.75) is 68.9 Å². The summed E-state index contributed by atoms with van der Waals surface area (Å²) in [4.78, 5) is 24.2. The second-order valence-electron chi connectivity index (χ2n) is 6.79. The van der Waals surface area contributed by atoms with Crippen molar-refractivity contribution in [2.75, 3.05) is 6.54 Å². The summed E-state index contributed by atoms with van der Waals surface area (Å²) in [6.45, 7) is 1.44. The molecule has 0 saturated heterocycles. The summed E-state index contributed by atoms with van der Waals surface area (Å²) in [5, 5.41) is 2.94. The molecule has 1 aliphatic rings. The minimum absolute atomic E-state index is 0.0903. The van der Waals surface area contributed by atoms with Gasteiger partial charge in [0.2, 0.25) is 10.0 Å². The Hall–Kier alpha value is -1.93. The second kappa shape index (κ2) is 10.4.